The molecule has 1 amide bonds. The molecule has 0 saturated carbocycles. The molecule has 2 aromatic carbocycles. The number of aromatic hydroxyl groups is 1. The van der Waals surface area contributed by atoms with Crippen LogP contribution in [0.25, 0.3) is 6.08 Å². The summed E-state index contributed by atoms with van der Waals surface area (Å²) in [6.45, 7) is 0.239. The van der Waals surface area contributed by atoms with Gasteiger partial charge in [0.1, 0.15) is 11.5 Å². The number of hydrogen-bond donors (Lipinski definition) is 1. The standard InChI is InChI=1S/C24H22N4O3S/c1-27(2)19-11-9-17(10-12-19)15-25-26-24-28(16-20-7-5-13-31-20)23(30)22(32-24)14-18-6-3-4-8-21(18)29/h3-15,29H,16H2,1-2H3/b22-14-,25-15-,26-24+. The van der Waals surface area contributed by atoms with Gasteiger partial charge in [-0.05, 0) is 53.7 Å². The fourth-order valence-corrected chi connectivity index (χ4v) is 3.96. The summed E-state index contributed by atoms with van der Waals surface area (Å²) in [6, 6.07) is 18.3. The van der Waals surface area contributed by atoms with Gasteiger partial charge in [-0.1, -0.05) is 30.3 Å². The van der Waals surface area contributed by atoms with E-state index in [-0.39, 0.29) is 18.2 Å². The van der Waals surface area contributed by atoms with Gasteiger partial charge in [0.05, 0.1) is 23.9 Å². The molecule has 1 aromatic heterocycles. The third-order valence-corrected chi connectivity index (χ3v) is 5.76. The van der Waals surface area contributed by atoms with E-state index in [1.54, 1.807) is 55.0 Å². The number of benzene rings is 2. The quantitative estimate of drug-likeness (QED) is 0.341. The molecule has 0 unspecified atom stereocenters. The maximum atomic E-state index is 13.1. The van der Waals surface area contributed by atoms with E-state index in [0.29, 0.717) is 21.4 Å². The minimum Gasteiger partial charge on any atom is -0.507 e. The molecular weight excluding hydrogens is 424 g/mol. The van der Waals surface area contributed by atoms with Gasteiger partial charge in [-0.2, -0.15) is 5.10 Å². The Bertz CT molecular complexity index is 1180. The molecule has 8 heteroatoms. The van der Waals surface area contributed by atoms with Gasteiger partial charge in [-0.15, -0.1) is 5.10 Å². The van der Waals surface area contributed by atoms with E-state index in [1.165, 1.54) is 16.7 Å². The zero-order chi connectivity index (χ0) is 22.5. The van der Waals surface area contributed by atoms with Crippen LogP contribution in [-0.4, -0.2) is 41.4 Å². The van der Waals surface area contributed by atoms with Crippen molar-refractivity contribution < 1.29 is 14.3 Å². The minimum absolute atomic E-state index is 0.107. The third kappa shape index (κ3) is 4.92. The number of thioether (sulfide) groups is 1. The van der Waals surface area contributed by atoms with E-state index in [1.807, 2.05) is 43.3 Å². The number of furan rings is 1. The second-order valence-electron chi connectivity index (χ2n) is 7.25. The van der Waals surface area contributed by atoms with Gasteiger partial charge < -0.3 is 14.4 Å². The number of carbonyl (C=O) groups excluding carboxylic acids is 1. The van der Waals surface area contributed by atoms with Gasteiger partial charge in [0.25, 0.3) is 5.91 Å². The Kier molecular flexibility index (Phi) is 6.42. The molecule has 7 nitrogen and oxygen atoms in total. The highest BCUT2D eigenvalue weighted by atomic mass is 32.2. The van der Waals surface area contributed by atoms with Crippen LogP contribution in [0.4, 0.5) is 5.69 Å². The lowest BCUT2D eigenvalue weighted by molar-refractivity contribution is -0.122. The summed E-state index contributed by atoms with van der Waals surface area (Å²) in [7, 11) is 3.97. The highest BCUT2D eigenvalue weighted by Crippen LogP contribution is 2.35. The summed E-state index contributed by atoms with van der Waals surface area (Å²) in [5.41, 5.74) is 2.55. The number of anilines is 1. The molecule has 0 spiro atoms. The van der Waals surface area contributed by atoms with Crippen LogP contribution in [0.15, 0.2) is 86.5 Å². The predicted molar refractivity (Wildman–Crippen MR) is 129 cm³/mol. The second-order valence-corrected chi connectivity index (χ2v) is 8.26. The van der Waals surface area contributed by atoms with Crippen LogP contribution in [0.1, 0.15) is 16.9 Å². The van der Waals surface area contributed by atoms with Crippen LogP contribution in [0.2, 0.25) is 0 Å². The zero-order valence-corrected chi connectivity index (χ0v) is 18.5. The van der Waals surface area contributed by atoms with Gasteiger partial charge in [0.2, 0.25) is 0 Å². The van der Waals surface area contributed by atoms with Crippen molar-refractivity contribution in [2.45, 2.75) is 6.54 Å². The van der Waals surface area contributed by atoms with Gasteiger partial charge >= 0.3 is 0 Å². The molecule has 1 aliphatic rings. The topological polar surface area (TPSA) is 81.6 Å². The SMILES string of the molecule is CN(C)c1ccc(/C=N\N=C2\S/C(=C\c3ccccc3O)C(=O)N2Cc2ccco2)cc1. The molecule has 1 saturated heterocycles. The summed E-state index contributed by atoms with van der Waals surface area (Å²) in [5.74, 6) is 0.521. The summed E-state index contributed by atoms with van der Waals surface area (Å²) in [4.78, 5) is 17.1. The summed E-state index contributed by atoms with van der Waals surface area (Å²) < 4.78 is 5.41. The van der Waals surface area contributed by atoms with Crippen LogP contribution in [0, 0.1) is 0 Å². The number of hydrogen-bond acceptors (Lipinski definition) is 7. The van der Waals surface area contributed by atoms with Crippen LogP contribution in [0.5, 0.6) is 5.75 Å². The van der Waals surface area contributed by atoms with Crippen LogP contribution in [0.3, 0.4) is 0 Å². The number of amides is 1. The van der Waals surface area contributed by atoms with Gasteiger partial charge in [-0.25, -0.2) is 0 Å². The number of carbonyl (C=O) groups is 1. The third-order valence-electron chi connectivity index (χ3n) is 4.77. The first-order valence-electron chi connectivity index (χ1n) is 9.91. The fourth-order valence-electron chi connectivity index (χ4n) is 3.03. The molecule has 162 valence electrons. The number of para-hydroxylation sites is 1. The zero-order valence-electron chi connectivity index (χ0n) is 17.7. The van der Waals surface area contributed by atoms with Crippen LogP contribution in [-0.2, 0) is 11.3 Å². The van der Waals surface area contributed by atoms with Crippen LogP contribution < -0.4 is 4.90 Å². The lowest BCUT2D eigenvalue weighted by Crippen LogP contribution is -2.28. The highest BCUT2D eigenvalue weighted by Gasteiger charge is 2.34. The Labute approximate surface area is 190 Å². The molecule has 0 bridgehead atoms. The lowest BCUT2D eigenvalue weighted by atomic mass is 10.2. The fraction of sp³-hybridized carbons (Fsp3) is 0.125. The molecule has 1 aliphatic heterocycles. The molecule has 4 rings (SSSR count). The smallest absolute Gasteiger partial charge is 0.267 e. The molecule has 2 heterocycles. The van der Waals surface area contributed by atoms with Crippen molar-refractivity contribution in [1.82, 2.24) is 4.90 Å². The second kappa shape index (κ2) is 9.57. The largest absolute Gasteiger partial charge is 0.507 e. The van der Waals surface area contributed by atoms with Gasteiger partial charge in [0, 0.05) is 25.3 Å². The van der Waals surface area contributed by atoms with Crippen molar-refractivity contribution in [3.8, 4) is 5.75 Å². The number of rotatable bonds is 6. The predicted octanol–water partition coefficient (Wildman–Crippen LogP) is 4.56. The first-order valence-corrected chi connectivity index (χ1v) is 10.7. The maximum Gasteiger partial charge on any atom is 0.267 e. The Morgan fingerprint density at radius 2 is 1.88 bits per heavy atom. The molecule has 32 heavy (non-hydrogen) atoms. The molecular formula is C24H22N4O3S. The van der Waals surface area contributed by atoms with Crippen molar-refractivity contribution in [3.05, 3.63) is 88.7 Å². The molecule has 0 atom stereocenters. The average Bonchev–Trinajstić information content (AvgIpc) is 3.40. The molecule has 1 fully saturated rings. The van der Waals surface area contributed by atoms with E-state index in [0.717, 1.165) is 11.3 Å². The van der Waals surface area contributed by atoms with Crippen molar-refractivity contribution in [1.29, 1.82) is 0 Å². The molecule has 3 aromatic rings. The van der Waals surface area contributed by atoms with Crippen molar-refractivity contribution in [2.75, 3.05) is 19.0 Å². The number of nitrogens with zero attached hydrogens (tertiary/aromatic N) is 4. The maximum absolute atomic E-state index is 13.1. The lowest BCUT2D eigenvalue weighted by Gasteiger charge is -2.12. The highest BCUT2D eigenvalue weighted by molar-refractivity contribution is 8.18. The Hall–Kier alpha value is -3.78. The van der Waals surface area contributed by atoms with Gasteiger partial charge in [0.15, 0.2) is 5.17 Å². The Morgan fingerprint density at radius 1 is 1.09 bits per heavy atom. The number of phenols is 1. The Balaban J connectivity index is 1.60. The van der Waals surface area contributed by atoms with E-state index in [4.69, 9.17) is 4.42 Å². The van der Waals surface area contributed by atoms with Crippen LogP contribution >= 0.6 is 11.8 Å². The summed E-state index contributed by atoms with van der Waals surface area (Å²) >= 11 is 1.21. The van der Waals surface area contributed by atoms with Crippen molar-refractivity contribution >= 4 is 40.8 Å². The summed E-state index contributed by atoms with van der Waals surface area (Å²) in [5, 5.41) is 19.0. The van der Waals surface area contributed by atoms with E-state index in [2.05, 4.69) is 10.2 Å². The van der Waals surface area contributed by atoms with E-state index >= 15 is 0 Å². The van der Waals surface area contributed by atoms with E-state index in [9.17, 15) is 9.90 Å². The number of amidine groups is 1. The first kappa shape index (κ1) is 21.5. The van der Waals surface area contributed by atoms with Crippen molar-refractivity contribution in [2.24, 2.45) is 10.2 Å². The summed E-state index contributed by atoms with van der Waals surface area (Å²) in [6.07, 6.45) is 4.87. The molecule has 0 radical (unpaired) electrons. The monoisotopic (exact) mass is 446 g/mol. The molecule has 1 N–H and O–H groups in total. The molecule has 0 aliphatic carbocycles. The minimum atomic E-state index is -0.223. The Morgan fingerprint density at radius 3 is 2.56 bits per heavy atom. The average molecular weight is 447 g/mol. The van der Waals surface area contributed by atoms with Gasteiger partial charge in [-0.3, -0.25) is 9.69 Å². The number of phenolic OH excluding ortho intramolecular Hbond substituents is 1. The normalized spacial score (nSPS) is 16.6. The van der Waals surface area contributed by atoms with Crippen molar-refractivity contribution in [3.63, 3.8) is 0 Å². The first-order chi connectivity index (χ1) is 15.5. The van der Waals surface area contributed by atoms with E-state index < -0.39 is 0 Å².